The predicted octanol–water partition coefficient (Wildman–Crippen LogP) is 3.31. The fraction of sp³-hybridized carbons (Fsp3) is 0.538. The van der Waals surface area contributed by atoms with Crippen molar-refractivity contribution in [2.45, 2.75) is 50.5 Å². The second-order valence-corrected chi connectivity index (χ2v) is 6.81. The number of hydrogen-bond acceptors (Lipinski definition) is 3. The van der Waals surface area contributed by atoms with Crippen LogP contribution >= 0.6 is 11.6 Å². The third-order valence-electron chi connectivity index (χ3n) is 3.72. The van der Waals surface area contributed by atoms with Gasteiger partial charge in [0.25, 0.3) is 0 Å². The van der Waals surface area contributed by atoms with Crippen LogP contribution < -0.4 is 10.5 Å². The van der Waals surface area contributed by atoms with Crippen molar-refractivity contribution >= 4 is 27.3 Å². The molecule has 7 heteroatoms. The summed E-state index contributed by atoms with van der Waals surface area (Å²) in [5.41, 5.74) is 4.64. The molecule has 0 atom stereocenters. The fourth-order valence-electron chi connectivity index (χ4n) is 2.06. The average molecular weight is 323 g/mol. The molecule has 0 fully saturated rings. The molecule has 3 N–H and O–H groups in total. The van der Waals surface area contributed by atoms with Crippen molar-refractivity contribution in [1.82, 2.24) is 4.72 Å². The van der Waals surface area contributed by atoms with E-state index in [0.29, 0.717) is 19.3 Å². The van der Waals surface area contributed by atoms with Crippen LogP contribution in [-0.2, 0) is 10.0 Å². The van der Waals surface area contributed by atoms with Gasteiger partial charge in [0.1, 0.15) is 10.7 Å². The molecule has 20 heavy (non-hydrogen) atoms. The molecule has 0 aliphatic rings. The van der Waals surface area contributed by atoms with Gasteiger partial charge in [-0.3, -0.25) is 0 Å². The summed E-state index contributed by atoms with van der Waals surface area (Å²) >= 11 is 5.83. The van der Waals surface area contributed by atoms with Gasteiger partial charge in [0.2, 0.25) is 10.0 Å². The highest BCUT2D eigenvalue weighted by Crippen LogP contribution is 2.29. The number of rotatable bonds is 6. The Kier molecular flexibility index (Phi) is 5.40. The quantitative estimate of drug-likeness (QED) is 0.789. The standard InChI is InChI=1S/C13H20ClFN2O2S/c1-4-13(5-2,6-3)17-20(18,19)12-8-11(16)10(15)7-9(12)14/h7-8,17H,4-6,16H2,1-3H3. The zero-order chi connectivity index (χ0) is 15.6. The number of nitrogens with two attached hydrogens (primary N) is 1. The van der Waals surface area contributed by atoms with Crippen LogP contribution in [-0.4, -0.2) is 14.0 Å². The maximum absolute atomic E-state index is 13.3. The van der Waals surface area contributed by atoms with E-state index in [4.69, 9.17) is 17.3 Å². The lowest BCUT2D eigenvalue weighted by atomic mass is 9.91. The Balaban J connectivity index is 3.28. The lowest BCUT2D eigenvalue weighted by Crippen LogP contribution is -2.47. The maximum atomic E-state index is 13.3. The minimum absolute atomic E-state index is 0.179. The van der Waals surface area contributed by atoms with E-state index in [1.807, 2.05) is 20.8 Å². The van der Waals surface area contributed by atoms with Crippen molar-refractivity contribution in [2.75, 3.05) is 5.73 Å². The summed E-state index contributed by atoms with van der Waals surface area (Å²) in [4.78, 5) is -0.196. The minimum Gasteiger partial charge on any atom is -0.396 e. The highest BCUT2D eigenvalue weighted by atomic mass is 35.5. The Labute approximate surface area is 124 Å². The molecule has 0 aromatic heterocycles. The van der Waals surface area contributed by atoms with Crippen LogP contribution in [0.15, 0.2) is 17.0 Å². The van der Waals surface area contributed by atoms with E-state index in [0.717, 1.165) is 12.1 Å². The van der Waals surface area contributed by atoms with E-state index in [1.54, 1.807) is 0 Å². The van der Waals surface area contributed by atoms with Gasteiger partial charge in [0, 0.05) is 5.54 Å². The summed E-state index contributed by atoms with van der Waals surface area (Å²) in [6.45, 7) is 5.74. The van der Waals surface area contributed by atoms with Crippen LogP contribution in [0.5, 0.6) is 0 Å². The van der Waals surface area contributed by atoms with Crippen LogP contribution in [0.1, 0.15) is 40.0 Å². The van der Waals surface area contributed by atoms with Crippen LogP contribution in [0.4, 0.5) is 10.1 Å². The first-order chi connectivity index (χ1) is 9.21. The van der Waals surface area contributed by atoms with E-state index in [9.17, 15) is 12.8 Å². The van der Waals surface area contributed by atoms with E-state index >= 15 is 0 Å². The molecule has 0 bridgehead atoms. The summed E-state index contributed by atoms with van der Waals surface area (Å²) in [6.07, 6.45) is 1.94. The van der Waals surface area contributed by atoms with Gasteiger partial charge in [0.15, 0.2) is 0 Å². The Morgan fingerprint density at radius 2 is 1.75 bits per heavy atom. The zero-order valence-electron chi connectivity index (χ0n) is 11.8. The van der Waals surface area contributed by atoms with E-state index in [-0.39, 0.29) is 15.6 Å². The van der Waals surface area contributed by atoms with E-state index in [1.165, 1.54) is 0 Å². The zero-order valence-corrected chi connectivity index (χ0v) is 13.4. The monoisotopic (exact) mass is 322 g/mol. The first-order valence-electron chi connectivity index (χ1n) is 6.49. The van der Waals surface area contributed by atoms with E-state index < -0.39 is 21.4 Å². The molecule has 0 aliphatic carbocycles. The number of anilines is 1. The summed E-state index contributed by atoms with van der Waals surface area (Å²) < 4.78 is 40.8. The SMILES string of the molecule is CCC(CC)(CC)NS(=O)(=O)c1cc(N)c(F)cc1Cl. The minimum atomic E-state index is -3.85. The second kappa shape index (κ2) is 6.28. The first kappa shape index (κ1) is 17.2. The normalized spacial score (nSPS) is 12.7. The van der Waals surface area contributed by atoms with Crippen molar-refractivity contribution in [3.8, 4) is 0 Å². The Morgan fingerprint density at radius 1 is 1.25 bits per heavy atom. The number of nitrogen functional groups attached to an aromatic ring is 1. The molecule has 1 aromatic carbocycles. The highest BCUT2D eigenvalue weighted by molar-refractivity contribution is 7.89. The molecule has 1 rings (SSSR count). The van der Waals surface area contributed by atoms with Crippen LogP contribution in [0, 0.1) is 5.82 Å². The highest BCUT2D eigenvalue weighted by Gasteiger charge is 2.31. The Morgan fingerprint density at radius 3 is 2.20 bits per heavy atom. The molecule has 0 saturated carbocycles. The van der Waals surface area contributed by atoms with Gasteiger partial charge in [0.05, 0.1) is 10.7 Å². The van der Waals surface area contributed by atoms with Crippen molar-refractivity contribution in [3.05, 3.63) is 23.0 Å². The van der Waals surface area contributed by atoms with Gasteiger partial charge in [-0.1, -0.05) is 32.4 Å². The number of hydrogen-bond donors (Lipinski definition) is 2. The van der Waals surface area contributed by atoms with Gasteiger partial charge in [-0.15, -0.1) is 0 Å². The number of benzene rings is 1. The molecule has 0 heterocycles. The number of nitrogens with one attached hydrogen (secondary N) is 1. The topological polar surface area (TPSA) is 72.2 Å². The van der Waals surface area contributed by atoms with Crippen molar-refractivity contribution < 1.29 is 12.8 Å². The fourth-order valence-corrected chi connectivity index (χ4v) is 4.22. The summed E-state index contributed by atoms with van der Waals surface area (Å²) in [5.74, 6) is -0.735. The first-order valence-corrected chi connectivity index (χ1v) is 8.36. The molecular weight excluding hydrogens is 303 g/mol. The Bertz CT molecular complexity index is 578. The molecule has 4 nitrogen and oxygen atoms in total. The molecule has 1 aromatic rings. The predicted molar refractivity (Wildman–Crippen MR) is 79.7 cm³/mol. The lowest BCUT2D eigenvalue weighted by molar-refractivity contribution is 0.341. The van der Waals surface area contributed by atoms with Crippen LogP contribution in [0.25, 0.3) is 0 Å². The molecule has 114 valence electrons. The summed E-state index contributed by atoms with van der Waals surface area (Å²) in [6, 6.07) is 1.96. The van der Waals surface area contributed by atoms with Crippen molar-refractivity contribution in [1.29, 1.82) is 0 Å². The molecule has 0 amide bonds. The van der Waals surface area contributed by atoms with Crippen LogP contribution in [0.3, 0.4) is 0 Å². The molecule has 0 radical (unpaired) electrons. The second-order valence-electron chi connectivity index (χ2n) is 4.75. The molecule has 0 unspecified atom stereocenters. The summed E-state index contributed by atoms with van der Waals surface area (Å²) in [5, 5.41) is -0.179. The largest absolute Gasteiger partial charge is 0.396 e. The van der Waals surface area contributed by atoms with Gasteiger partial charge in [-0.2, -0.15) is 0 Å². The number of sulfonamides is 1. The number of halogens is 2. The molecular formula is C13H20ClFN2O2S. The van der Waals surface area contributed by atoms with Crippen molar-refractivity contribution in [2.24, 2.45) is 0 Å². The molecule has 0 spiro atoms. The molecule has 0 saturated heterocycles. The molecule has 0 aliphatic heterocycles. The third-order valence-corrected chi connectivity index (χ3v) is 5.77. The summed E-state index contributed by atoms with van der Waals surface area (Å²) in [7, 11) is -3.85. The third kappa shape index (κ3) is 3.42. The Hall–Kier alpha value is -0.850. The van der Waals surface area contributed by atoms with Gasteiger partial charge in [-0.25, -0.2) is 17.5 Å². The van der Waals surface area contributed by atoms with Crippen molar-refractivity contribution in [3.63, 3.8) is 0 Å². The lowest BCUT2D eigenvalue weighted by Gasteiger charge is -2.31. The van der Waals surface area contributed by atoms with Gasteiger partial charge < -0.3 is 5.73 Å². The van der Waals surface area contributed by atoms with Crippen LogP contribution in [0.2, 0.25) is 5.02 Å². The average Bonchev–Trinajstić information content (AvgIpc) is 2.40. The van der Waals surface area contributed by atoms with Gasteiger partial charge in [-0.05, 0) is 31.4 Å². The maximum Gasteiger partial charge on any atom is 0.242 e. The van der Waals surface area contributed by atoms with E-state index in [2.05, 4.69) is 4.72 Å². The van der Waals surface area contributed by atoms with Gasteiger partial charge >= 0.3 is 0 Å². The smallest absolute Gasteiger partial charge is 0.242 e.